The van der Waals surface area contributed by atoms with Crippen LogP contribution in [-0.4, -0.2) is 15.7 Å². The minimum atomic E-state index is -0.272. The van der Waals surface area contributed by atoms with E-state index in [9.17, 15) is 4.79 Å². The van der Waals surface area contributed by atoms with Crippen molar-refractivity contribution in [3.63, 3.8) is 0 Å². The van der Waals surface area contributed by atoms with Crippen LogP contribution in [-0.2, 0) is 36.0 Å². The van der Waals surface area contributed by atoms with Crippen molar-refractivity contribution in [1.82, 2.24) is 9.78 Å². The molecule has 2 N–H and O–H groups in total. The zero-order valence-corrected chi connectivity index (χ0v) is 13.7. The number of hydrogen-bond donors (Lipinski definition) is 1. The minimum absolute atomic E-state index is 0.206. The van der Waals surface area contributed by atoms with Crippen molar-refractivity contribution in [3.05, 3.63) is 45.7 Å². The first-order valence-electron chi connectivity index (χ1n) is 6.71. The number of aromatic nitrogens is 2. The Morgan fingerprint density at radius 3 is 2.62 bits per heavy atom. The van der Waals surface area contributed by atoms with E-state index >= 15 is 0 Å². The zero-order valence-electron chi connectivity index (χ0n) is 12.1. The summed E-state index contributed by atoms with van der Waals surface area (Å²) in [6, 6.07) is 7.19. The fraction of sp³-hybridized carbons (Fsp3) is 0.333. The Balaban J connectivity index is 1.95. The van der Waals surface area contributed by atoms with Crippen LogP contribution in [0.3, 0.4) is 0 Å². The molecule has 0 spiro atoms. The van der Waals surface area contributed by atoms with Gasteiger partial charge in [0.25, 0.3) is 0 Å². The predicted molar refractivity (Wildman–Crippen MR) is 84.6 cm³/mol. The van der Waals surface area contributed by atoms with Gasteiger partial charge in [-0.15, -0.1) is 0 Å². The van der Waals surface area contributed by atoms with Crippen LogP contribution in [0.5, 0.6) is 0 Å². The van der Waals surface area contributed by atoms with Gasteiger partial charge in [0.05, 0.1) is 22.3 Å². The Hall–Kier alpha value is -1.82. The SMILES string of the molecule is CCc1nn(C)c(COC(=O)Cc2ccc(N)cc2)c1Br. The van der Waals surface area contributed by atoms with Gasteiger partial charge in [0, 0.05) is 12.7 Å². The van der Waals surface area contributed by atoms with Crippen LogP contribution in [0.15, 0.2) is 28.7 Å². The van der Waals surface area contributed by atoms with Gasteiger partial charge in [-0.05, 0) is 40.0 Å². The quantitative estimate of drug-likeness (QED) is 0.663. The molecule has 0 bridgehead atoms. The third-order valence-electron chi connectivity index (χ3n) is 3.20. The lowest BCUT2D eigenvalue weighted by Gasteiger charge is -2.06. The molecule has 6 heteroatoms. The van der Waals surface area contributed by atoms with Crippen molar-refractivity contribution in [2.24, 2.45) is 7.05 Å². The molecule has 0 atom stereocenters. The summed E-state index contributed by atoms with van der Waals surface area (Å²) in [5.41, 5.74) is 8.99. The van der Waals surface area contributed by atoms with Crippen LogP contribution >= 0.6 is 15.9 Å². The van der Waals surface area contributed by atoms with Crippen LogP contribution in [0, 0.1) is 0 Å². The summed E-state index contributed by atoms with van der Waals surface area (Å²) in [4.78, 5) is 11.9. The number of ether oxygens (including phenoxy) is 1. The van der Waals surface area contributed by atoms with Crippen LogP contribution in [0.4, 0.5) is 5.69 Å². The molecule has 1 aromatic heterocycles. The third-order valence-corrected chi connectivity index (χ3v) is 4.12. The summed E-state index contributed by atoms with van der Waals surface area (Å²) in [5, 5.41) is 4.36. The normalized spacial score (nSPS) is 10.6. The van der Waals surface area contributed by atoms with E-state index in [1.165, 1.54) is 0 Å². The Labute approximate surface area is 132 Å². The fourth-order valence-corrected chi connectivity index (χ4v) is 2.71. The molecule has 5 nitrogen and oxygen atoms in total. The van der Waals surface area contributed by atoms with Crippen LogP contribution in [0.25, 0.3) is 0 Å². The van der Waals surface area contributed by atoms with Crippen molar-refractivity contribution in [1.29, 1.82) is 0 Å². The second kappa shape index (κ2) is 6.76. The summed E-state index contributed by atoms with van der Waals surface area (Å²) >= 11 is 3.50. The first-order chi connectivity index (χ1) is 10.0. The molecule has 0 radical (unpaired) electrons. The number of nitrogens with zero attached hydrogens (tertiary/aromatic N) is 2. The van der Waals surface area contributed by atoms with E-state index in [1.54, 1.807) is 16.8 Å². The highest BCUT2D eigenvalue weighted by Gasteiger charge is 2.14. The molecule has 2 aromatic rings. The van der Waals surface area contributed by atoms with E-state index in [-0.39, 0.29) is 19.0 Å². The predicted octanol–water partition coefficient (Wildman–Crippen LogP) is 2.61. The molecule has 0 amide bonds. The molecule has 0 aliphatic carbocycles. The van der Waals surface area contributed by atoms with E-state index in [4.69, 9.17) is 10.5 Å². The molecular weight excluding hydrogens is 334 g/mol. The lowest BCUT2D eigenvalue weighted by molar-refractivity contribution is -0.144. The van der Waals surface area contributed by atoms with E-state index in [2.05, 4.69) is 21.0 Å². The Morgan fingerprint density at radius 2 is 2.05 bits per heavy atom. The minimum Gasteiger partial charge on any atom is -0.459 e. The monoisotopic (exact) mass is 351 g/mol. The van der Waals surface area contributed by atoms with Crippen molar-refractivity contribution in [2.75, 3.05) is 5.73 Å². The van der Waals surface area contributed by atoms with Gasteiger partial charge in [0.1, 0.15) is 6.61 Å². The van der Waals surface area contributed by atoms with Crippen molar-refractivity contribution in [2.45, 2.75) is 26.4 Å². The summed E-state index contributed by atoms with van der Waals surface area (Å²) < 4.78 is 7.97. The van der Waals surface area contributed by atoms with Gasteiger partial charge in [0.2, 0.25) is 0 Å². The number of halogens is 1. The number of anilines is 1. The second-order valence-electron chi connectivity index (χ2n) is 4.76. The number of hydrogen-bond acceptors (Lipinski definition) is 4. The fourth-order valence-electron chi connectivity index (χ4n) is 1.98. The first-order valence-corrected chi connectivity index (χ1v) is 7.50. The van der Waals surface area contributed by atoms with Crippen molar-refractivity contribution < 1.29 is 9.53 Å². The van der Waals surface area contributed by atoms with Gasteiger partial charge in [-0.2, -0.15) is 5.10 Å². The van der Waals surface area contributed by atoms with E-state index in [0.29, 0.717) is 5.69 Å². The van der Waals surface area contributed by atoms with Crippen LogP contribution in [0.2, 0.25) is 0 Å². The zero-order chi connectivity index (χ0) is 15.4. The molecule has 0 fully saturated rings. The topological polar surface area (TPSA) is 70.1 Å². The number of rotatable bonds is 5. The number of esters is 1. The van der Waals surface area contributed by atoms with Crippen molar-refractivity contribution >= 4 is 27.6 Å². The lowest BCUT2D eigenvalue weighted by Crippen LogP contribution is -2.10. The van der Waals surface area contributed by atoms with Crippen molar-refractivity contribution in [3.8, 4) is 0 Å². The molecule has 1 aromatic carbocycles. The molecule has 0 aliphatic rings. The second-order valence-corrected chi connectivity index (χ2v) is 5.56. The Bertz CT molecular complexity index is 635. The molecule has 0 aliphatic heterocycles. The average molecular weight is 352 g/mol. The lowest BCUT2D eigenvalue weighted by atomic mass is 10.1. The number of nitrogens with two attached hydrogens (primary N) is 1. The molecule has 1 heterocycles. The Morgan fingerprint density at radius 1 is 1.38 bits per heavy atom. The van der Waals surface area contributed by atoms with Gasteiger partial charge in [-0.25, -0.2) is 0 Å². The van der Waals surface area contributed by atoms with Crippen LogP contribution < -0.4 is 5.73 Å². The molecular formula is C15H18BrN3O2. The summed E-state index contributed by atoms with van der Waals surface area (Å²) in [6.45, 7) is 2.24. The van der Waals surface area contributed by atoms with Gasteiger partial charge >= 0.3 is 5.97 Å². The molecule has 0 saturated carbocycles. The average Bonchev–Trinajstić information content (AvgIpc) is 2.74. The van der Waals surface area contributed by atoms with Gasteiger partial charge in [-0.3, -0.25) is 9.48 Å². The maximum Gasteiger partial charge on any atom is 0.310 e. The molecule has 0 unspecified atom stereocenters. The van der Waals surface area contributed by atoms with E-state index < -0.39 is 0 Å². The van der Waals surface area contributed by atoms with E-state index in [1.807, 2.05) is 26.1 Å². The standard InChI is InChI=1S/C15H18BrN3O2/c1-3-12-15(16)13(19(2)18-12)9-21-14(20)8-10-4-6-11(17)7-5-10/h4-7H,3,8-9,17H2,1-2H3. The third kappa shape index (κ3) is 3.85. The Kier molecular flexibility index (Phi) is 5.01. The molecule has 2 rings (SSSR count). The molecule has 21 heavy (non-hydrogen) atoms. The smallest absolute Gasteiger partial charge is 0.310 e. The highest BCUT2D eigenvalue weighted by atomic mass is 79.9. The highest BCUT2D eigenvalue weighted by Crippen LogP contribution is 2.22. The molecule has 0 saturated heterocycles. The maximum absolute atomic E-state index is 11.9. The number of carbonyl (C=O) groups excluding carboxylic acids is 1. The summed E-state index contributed by atoms with van der Waals surface area (Å²) in [6.07, 6.45) is 1.06. The summed E-state index contributed by atoms with van der Waals surface area (Å²) in [5.74, 6) is -0.272. The maximum atomic E-state index is 11.9. The molecule has 112 valence electrons. The largest absolute Gasteiger partial charge is 0.459 e. The van der Waals surface area contributed by atoms with Gasteiger partial charge in [0.15, 0.2) is 0 Å². The summed E-state index contributed by atoms with van der Waals surface area (Å²) in [7, 11) is 1.84. The first kappa shape index (κ1) is 15.6. The highest BCUT2D eigenvalue weighted by molar-refractivity contribution is 9.10. The number of benzene rings is 1. The number of nitrogen functional groups attached to an aromatic ring is 1. The van der Waals surface area contributed by atoms with Crippen LogP contribution in [0.1, 0.15) is 23.9 Å². The van der Waals surface area contributed by atoms with E-state index in [0.717, 1.165) is 27.8 Å². The number of aryl methyl sites for hydroxylation is 2. The number of carbonyl (C=O) groups is 1. The van der Waals surface area contributed by atoms with Gasteiger partial charge in [-0.1, -0.05) is 19.1 Å². The van der Waals surface area contributed by atoms with Gasteiger partial charge < -0.3 is 10.5 Å².